The van der Waals surface area contributed by atoms with Crippen molar-refractivity contribution < 1.29 is 80.8 Å². The van der Waals surface area contributed by atoms with Crippen LogP contribution in [0.25, 0.3) is 0 Å². The lowest BCUT2D eigenvalue weighted by Gasteiger charge is -2.63. The molecule has 0 aliphatic heterocycles. The molecule has 4 aliphatic carbocycles. The van der Waals surface area contributed by atoms with Crippen LogP contribution in [0.1, 0.15) is 91.4 Å². The van der Waals surface area contributed by atoms with E-state index < -0.39 is 91.5 Å². The van der Waals surface area contributed by atoms with Crippen LogP contribution in [0.5, 0.6) is 0 Å². The van der Waals surface area contributed by atoms with Gasteiger partial charge in [-0.2, -0.15) is 0 Å². The zero-order chi connectivity index (χ0) is 45.6. The van der Waals surface area contributed by atoms with Crippen LogP contribution in [0.3, 0.4) is 0 Å². The first-order chi connectivity index (χ1) is 28.6. The molecule has 0 spiro atoms. The van der Waals surface area contributed by atoms with Crippen molar-refractivity contribution in [2.45, 2.75) is 159 Å². The van der Waals surface area contributed by atoms with Gasteiger partial charge in [-0.25, -0.2) is 0 Å². The lowest BCUT2D eigenvalue weighted by atomic mass is 9.43. The summed E-state index contributed by atoms with van der Waals surface area (Å²) in [6, 6.07) is 0. The van der Waals surface area contributed by atoms with Gasteiger partial charge in [-0.05, 0) is 111 Å². The molecule has 19 heteroatoms. The number of aliphatic hydroxyl groups is 13. The summed E-state index contributed by atoms with van der Waals surface area (Å²) < 4.78 is 0. The number of aliphatic hydroxyl groups excluding tert-OH is 13. The molecule has 4 aliphatic rings. The Bertz CT molecular complexity index is 1380. The summed E-state index contributed by atoms with van der Waals surface area (Å²) >= 11 is 0. The zero-order valence-electron chi connectivity index (χ0n) is 35.8. The highest BCUT2D eigenvalue weighted by atomic mass is 16.4. The van der Waals surface area contributed by atoms with E-state index >= 15 is 0 Å². The standard InChI is InChI=1S/C42H75N3O16/c1-21(24-7-8-25-32-26(18-30(52)42(24,25)3)41(2)11-10-23(48)16-22(41)17-27(32)49)6-9-31(53)45(14-4-12-43-39(60)37(58)35(56)33(54)28(50)19-46)15-5-13-44-40(61)38(59)36(57)34(55)29(51)20-47/h21-30,32-38,46-52,54-59H,4-20H2,1-3H3,(H,43,60)(H,44,61)/t21-,22-,23+,24+,25-,26-,27-,28-,29-,30-,32-,33-,34-,35-,36-,37-,38-,41+,42-/m1/s1. The van der Waals surface area contributed by atoms with Crippen LogP contribution in [0.4, 0.5) is 0 Å². The minimum Gasteiger partial charge on any atom is -0.394 e. The molecule has 0 radical (unpaired) electrons. The van der Waals surface area contributed by atoms with E-state index in [1.165, 1.54) is 4.90 Å². The number of fused-ring (bicyclic) bond motifs is 5. The van der Waals surface area contributed by atoms with Crippen molar-refractivity contribution in [1.29, 1.82) is 0 Å². The lowest BCUT2D eigenvalue weighted by Crippen LogP contribution is -2.62. The average Bonchev–Trinajstić information content (AvgIpc) is 3.61. The second-order valence-electron chi connectivity index (χ2n) is 19.1. The second kappa shape index (κ2) is 22.2. The first kappa shape index (κ1) is 51.5. The van der Waals surface area contributed by atoms with Gasteiger partial charge in [0.15, 0.2) is 12.2 Å². The number of rotatable bonds is 22. The molecule has 15 N–H and O–H groups in total. The van der Waals surface area contributed by atoms with E-state index in [4.69, 9.17) is 10.2 Å². The molecule has 19 atom stereocenters. The molecule has 19 nitrogen and oxygen atoms in total. The molecular formula is C42H75N3O16. The minimum absolute atomic E-state index is 0.0275. The molecule has 4 fully saturated rings. The number of nitrogens with zero attached hydrogens (tertiary/aromatic N) is 1. The largest absolute Gasteiger partial charge is 0.394 e. The normalized spacial score (nSPS) is 35.5. The van der Waals surface area contributed by atoms with Crippen LogP contribution in [-0.2, 0) is 14.4 Å². The van der Waals surface area contributed by atoms with E-state index in [1.54, 1.807) is 0 Å². The predicted molar refractivity (Wildman–Crippen MR) is 216 cm³/mol. The molecular weight excluding hydrogens is 802 g/mol. The van der Waals surface area contributed by atoms with Crippen molar-refractivity contribution in [3.8, 4) is 0 Å². The fraction of sp³-hybridized carbons (Fsp3) is 0.929. The number of carbonyl (C=O) groups excluding carboxylic acids is 3. The molecule has 354 valence electrons. The summed E-state index contributed by atoms with van der Waals surface area (Å²) in [6.07, 6.45) is -11.3. The van der Waals surface area contributed by atoms with Crippen LogP contribution in [0.15, 0.2) is 0 Å². The summed E-state index contributed by atoms with van der Waals surface area (Å²) in [6.45, 7) is 4.76. The maximum Gasteiger partial charge on any atom is 0.251 e. The minimum atomic E-state index is -2.13. The molecule has 0 aromatic carbocycles. The highest BCUT2D eigenvalue weighted by molar-refractivity contribution is 5.81. The quantitative estimate of drug-likeness (QED) is 0.0462. The van der Waals surface area contributed by atoms with Gasteiger partial charge in [0, 0.05) is 32.6 Å². The molecule has 4 saturated carbocycles. The summed E-state index contributed by atoms with van der Waals surface area (Å²) in [5.41, 5.74) is -0.524. The molecule has 0 aromatic heterocycles. The number of amides is 3. The van der Waals surface area contributed by atoms with Crippen LogP contribution < -0.4 is 10.6 Å². The van der Waals surface area contributed by atoms with Crippen LogP contribution in [-0.4, -0.2) is 196 Å². The van der Waals surface area contributed by atoms with Gasteiger partial charge in [-0.3, -0.25) is 14.4 Å². The first-order valence-corrected chi connectivity index (χ1v) is 22.2. The Balaban J connectivity index is 1.37. The summed E-state index contributed by atoms with van der Waals surface area (Å²) in [5.74, 6) is -1.73. The molecule has 61 heavy (non-hydrogen) atoms. The van der Waals surface area contributed by atoms with Gasteiger partial charge in [0.1, 0.15) is 36.6 Å². The topological polar surface area (TPSA) is 342 Å². The van der Waals surface area contributed by atoms with E-state index in [0.29, 0.717) is 25.7 Å². The fourth-order valence-corrected chi connectivity index (χ4v) is 11.7. The monoisotopic (exact) mass is 878 g/mol. The Morgan fingerprint density at radius 3 is 1.74 bits per heavy atom. The fourth-order valence-electron chi connectivity index (χ4n) is 11.7. The van der Waals surface area contributed by atoms with E-state index in [2.05, 4.69) is 31.4 Å². The van der Waals surface area contributed by atoms with E-state index in [-0.39, 0.29) is 98.4 Å². The van der Waals surface area contributed by atoms with Gasteiger partial charge in [0.05, 0.1) is 31.5 Å². The molecule has 4 rings (SSSR count). The first-order valence-electron chi connectivity index (χ1n) is 22.2. The van der Waals surface area contributed by atoms with Gasteiger partial charge >= 0.3 is 0 Å². The van der Waals surface area contributed by atoms with Crippen molar-refractivity contribution in [2.24, 2.45) is 46.3 Å². The Labute approximate surface area is 357 Å². The smallest absolute Gasteiger partial charge is 0.251 e. The van der Waals surface area contributed by atoms with Gasteiger partial charge in [0.2, 0.25) is 5.91 Å². The summed E-state index contributed by atoms with van der Waals surface area (Å²) in [5, 5.41) is 136. The Morgan fingerprint density at radius 2 is 1.23 bits per heavy atom. The summed E-state index contributed by atoms with van der Waals surface area (Å²) in [7, 11) is 0. The third-order valence-corrected chi connectivity index (χ3v) is 15.5. The maximum atomic E-state index is 13.9. The molecule has 0 aromatic rings. The second-order valence-corrected chi connectivity index (χ2v) is 19.1. The van der Waals surface area contributed by atoms with Crippen LogP contribution in [0.2, 0.25) is 0 Å². The third kappa shape index (κ3) is 11.4. The SMILES string of the molecule is C[C@H](CCC(=O)N(CCCNC(=O)[C@H](O)[C@H](O)[C@H](O)[C@H](O)CO)CCCNC(=O)[C@H](O)[C@H](O)[C@H](O)[C@H](O)CO)[C@@H]1CC[C@@H]2[C@H]3[C@H](O)C[C@H]4C[C@@H](O)CC[C@]4(C)[C@@H]3C[C@@H](O)[C@@]21C. The van der Waals surface area contributed by atoms with E-state index in [9.17, 15) is 70.6 Å². The van der Waals surface area contributed by atoms with E-state index in [1.807, 2.05) is 0 Å². The van der Waals surface area contributed by atoms with Crippen LogP contribution in [0, 0.1) is 46.3 Å². The zero-order valence-corrected chi connectivity index (χ0v) is 35.8. The van der Waals surface area contributed by atoms with Gasteiger partial charge in [0.25, 0.3) is 11.8 Å². The number of carbonyl (C=O) groups is 3. The highest BCUT2D eigenvalue weighted by Crippen LogP contribution is 2.68. The molecule has 0 heterocycles. The Kier molecular flexibility index (Phi) is 18.7. The van der Waals surface area contributed by atoms with Gasteiger partial charge in [-0.1, -0.05) is 20.8 Å². The van der Waals surface area contributed by atoms with Crippen molar-refractivity contribution in [2.75, 3.05) is 39.4 Å². The molecule has 0 saturated heterocycles. The van der Waals surface area contributed by atoms with Crippen molar-refractivity contribution in [1.82, 2.24) is 15.5 Å². The van der Waals surface area contributed by atoms with Gasteiger partial charge in [-0.15, -0.1) is 0 Å². The number of hydrogen-bond acceptors (Lipinski definition) is 16. The van der Waals surface area contributed by atoms with Crippen molar-refractivity contribution >= 4 is 17.7 Å². The predicted octanol–water partition coefficient (Wildman–Crippen LogP) is -3.92. The molecule has 0 unspecified atom stereocenters. The lowest BCUT2D eigenvalue weighted by molar-refractivity contribution is -0.207. The molecule has 0 bridgehead atoms. The highest BCUT2D eigenvalue weighted by Gasteiger charge is 2.65. The van der Waals surface area contributed by atoms with Crippen molar-refractivity contribution in [3.05, 3.63) is 0 Å². The van der Waals surface area contributed by atoms with Crippen LogP contribution >= 0.6 is 0 Å². The number of hydrogen-bond donors (Lipinski definition) is 15. The van der Waals surface area contributed by atoms with Crippen molar-refractivity contribution in [3.63, 3.8) is 0 Å². The summed E-state index contributed by atoms with van der Waals surface area (Å²) in [4.78, 5) is 40.3. The third-order valence-electron chi connectivity index (χ3n) is 15.5. The average molecular weight is 878 g/mol. The number of nitrogens with one attached hydrogen (secondary N) is 2. The Morgan fingerprint density at radius 1 is 0.705 bits per heavy atom. The Hall–Kier alpha value is -2.11. The maximum absolute atomic E-state index is 13.9. The van der Waals surface area contributed by atoms with E-state index in [0.717, 1.165) is 25.7 Å². The molecule has 3 amide bonds. The van der Waals surface area contributed by atoms with Gasteiger partial charge < -0.3 is 81.9 Å².